The molecule has 5 heteroatoms. The van der Waals surface area contributed by atoms with Gasteiger partial charge in [-0.25, -0.2) is 0 Å². The van der Waals surface area contributed by atoms with Crippen molar-refractivity contribution in [1.29, 1.82) is 0 Å². The van der Waals surface area contributed by atoms with Gasteiger partial charge in [0, 0.05) is 12.2 Å². The van der Waals surface area contributed by atoms with Gasteiger partial charge in [0.1, 0.15) is 11.8 Å². The largest absolute Gasteiger partial charge is 0.494 e. The molecule has 1 atom stereocenters. The predicted molar refractivity (Wildman–Crippen MR) is 71.1 cm³/mol. The minimum absolute atomic E-state index is 0.390. The van der Waals surface area contributed by atoms with Gasteiger partial charge in [0.25, 0.3) is 0 Å². The van der Waals surface area contributed by atoms with Crippen molar-refractivity contribution < 1.29 is 14.6 Å². The zero-order valence-corrected chi connectivity index (χ0v) is 10.8. The third-order valence-corrected chi connectivity index (χ3v) is 2.58. The fourth-order valence-corrected chi connectivity index (χ4v) is 1.57. The van der Waals surface area contributed by atoms with E-state index in [0.717, 1.165) is 17.0 Å². The highest BCUT2D eigenvalue weighted by molar-refractivity contribution is 5.73. The molecule has 0 heterocycles. The lowest BCUT2D eigenvalue weighted by atomic mass is 10.2. The van der Waals surface area contributed by atoms with E-state index < -0.39 is 12.0 Å². The van der Waals surface area contributed by atoms with Crippen molar-refractivity contribution in [2.24, 2.45) is 5.73 Å². The van der Waals surface area contributed by atoms with E-state index in [-0.39, 0.29) is 0 Å². The molecule has 0 amide bonds. The molecule has 0 aliphatic rings. The van der Waals surface area contributed by atoms with Gasteiger partial charge in [0.2, 0.25) is 0 Å². The molecule has 1 unspecified atom stereocenters. The first kappa shape index (κ1) is 14.3. The number of hydrogen-bond donors (Lipinski definition) is 3. The van der Waals surface area contributed by atoms with Crippen molar-refractivity contribution in [2.45, 2.75) is 26.3 Å². The molecule has 1 rings (SSSR count). The van der Waals surface area contributed by atoms with Gasteiger partial charge < -0.3 is 20.9 Å². The van der Waals surface area contributed by atoms with Crippen LogP contribution in [0.3, 0.4) is 0 Å². The molecular weight excluding hydrogens is 232 g/mol. The van der Waals surface area contributed by atoms with Crippen LogP contribution >= 0.6 is 0 Å². The minimum atomic E-state index is -0.973. The summed E-state index contributed by atoms with van der Waals surface area (Å²) >= 11 is 0. The van der Waals surface area contributed by atoms with E-state index in [0.29, 0.717) is 19.6 Å². The van der Waals surface area contributed by atoms with Crippen LogP contribution < -0.4 is 15.8 Å². The number of hydrogen-bond acceptors (Lipinski definition) is 4. The van der Waals surface area contributed by atoms with Crippen molar-refractivity contribution in [3.8, 4) is 5.75 Å². The number of carboxylic acids is 1. The molecule has 0 spiro atoms. The predicted octanol–water partition coefficient (Wildman–Crippen LogP) is 1.61. The molecule has 1 aromatic carbocycles. The fourth-order valence-electron chi connectivity index (χ4n) is 1.57. The van der Waals surface area contributed by atoms with Gasteiger partial charge in [-0.2, -0.15) is 0 Å². The monoisotopic (exact) mass is 252 g/mol. The summed E-state index contributed by atoms with van der Waals surface area (Å²) in [4.78, 5) is 10.5. The molecule has 100 valence electrons. The SMILES string of the molecule is CCOc1ccc(NCCC(N)C(=O)O)cc1C. The lowest BCUT2D eigenvalue weighted by Gasteiger charge is -2.12. The fraction of sp³-hybridized carbons (Fsp3) is 0.462. The minimum Gasteiger partial charge on any atom is -0.494 e. The molecule has 4 N–H and O–H groups in total. The Bertz CT molecular complexity index is 407. The Morgan fingerprint density at radius 3 is 2.83 bits per heavy atom. The van der Waals surface area contributed by atoms with Crippen molar-refractivity contribution >= 4 is 11.7 Å². The van der Waals surface area contributed by atoms with Gasteiger partial charge in [-0.1, -0.05) is 0 Å². The van der Waals surface area contributed by atoms with Crippen LogP contribution in [-0.4, -0.2) is 30.3 Å². The van der Waals surface area contributed by atoms with E-state index in [1.165, 1.54) is 0 Å². The summed E-state index contributed by atoms with van der Waals surface area (Å²) in [7, 11) is 0. The van der Waals surface area contributed by atoms with Gasteiger partial charge in [0.15, 0.2) is 0 Å². The van der Waals surface area contributed by atoms with Gasteiger partial charge in [0.05, 0.1) is 6.61 Å². The topological polar surface area (TPSA) is 84.6 Å². The number of benzene rings is 1. The molecule has 5 nitrogen and oxygen atoms in total. The molecule has 0 fully saturated rings. The van der Waals surface area contributed by atoms with Gasteiger partial charge >= 0.3 is 5.97 Å². The van der Waals surface area contributed by atoms with Gasteiger partial charge in [-0.15, -0.1) is 0 Å². The van der Waals surface area contributed by atoms with Gasteiger partial charge in [-0.05, 0) is 44.0 Å². The van der Waals surface area contributed by atoms with E-state index in [1.807, 2.05) is 32.0 Å². The van der Waals surface area contributed by atoms with E-state index in [9.17, 15) is 4.79 Å². The summed E-state index contributed by atoms with van der Waals surface area (Å²) in [6.45, 7) is 5.08. The summed E-state index contributed by atoms with van der Waals surface area (Å²) in [5.41, 5.74) is 7.40. The Balaban J connectivity index is 2.48. The van der Waals surface area contributed by atoms with Crippen LogP contribution in [0, 0.1) is 6.92 Å². The van der Waals surface area contributed by atoms with Crippen LogP contribution in [0.1, 0.15) is 18.9 Å². The van der Waals surface area contributed by atoms with Crippen LogP contribution in [0.4, 0.5) is 5.69 Å². The number of rotatable bonds is 7. The molecule has 18 heavy (non-hydrogen) atoms. The average molecular weight is 252 g/mol. The lowest BCUT2D eigenvalue weighted by Crippen LogP contribution is -2.32. The summed E-state index contributed by atoms with van der Waals surface area (Å²) in [5, 5.41) is 11.8. The standard InChI is InChI=1S/C13H20N2O3/c1-3-18-12-5-4-10(8-9(12)2)15-7-6-11(14)13(16)17/h4-5,8,11,15H,3,6-7,14H2,1-2H3,(H,16,17). The highest BCUT2D eigenvalue weighted by Crippen LogP contribution is 2.21. The molecular formula is C13H20N2O3. The molecule has 0 saturated heterocycles. The van der Waals surface area contributed by atoms with E-state index >= 15 is 0 Å². The number of aryl methyl sites for hydroxylation is 1. The van der Waals surface area contributed by atoms with Crippen LogP contribution in [-0.2, 0) is 4.79 Å². The maximum absolute atomic E-state index is 10.5. The number of ether oxygens (including phenoxy) is 1. The number of carbonyl (C=O) groups is 1. The smallest absolute Gasteiger partial charge is 0.320 e. The third-order valence-electron chi connectivity index (χ3n) is 2.58. The number of nitrogens with two attached hydrogens (primary N) is 1. The lowest BCUT2D eigenvalue weighted by molar-refractivity contribution is -0.138. The van der Waals surface area contributed by atoms with E-state index in [4.69, 9.17) is 15.6 Å². The maximum Gasteiger partial charge on any atom is 0.320 e. The number of aliphatic carboxylic acids is 1. The Morgan fingerprint density at radius 1 is 1.56 bits per heavy atom. The molecule has 0 aliphatic heterocycles. The Kier molecular flexibility index (Phi) is 5.45. The highest BCUT2D eigenvalue weighted by Gasteiger charge is 2.10. The van der Waals surface area contributed by atoms with Crippen molar-refractivity contribution in [3.63, 3.8) is 0 Å². The highest BCUT2D eigenvalue weighted by atomic mass is 16.5. The number of anilines is 1. The maximum atomic E-state index is 10.5. The van der Waals surface area contributed by atoms with Crippen LogP contribution in [0.5, 0.6) is 5.75 Å². The first-order valence-electron chi connectivity index (χ1n) is 6.00. The van der Waals surface area contributed by atoms with Crippen molar-refractivity contribution in [1.82, 2.24) is 0 Å². The molecule has 0 radical (unpaired) electrons. The quantitative estimate of drug-likeness (QED) is 0.686. The molecule has 0 aliphatic carbocycles. The third kappa shape index (κ3) is 4.25. The van der Waals surface area contributed by atoms with Crippen molar-refractivity contribution in [3.05, 3.63) is 23.8 Å². The number of carboxylic acid groups (broad SMARTS) is 1. The zero-order chi connectivity index (χ0) is 13.5. The Labute approximate surface area is 107 Å². The number of nitrogens with one attached hydrogen (secondary N) is 1. The van der Waals surface area contributed by atoms with Gasteiger partial charge in [-0.3, -0.25) is 4.79 Å². The first-order chi connectivity index (χ1) is 8.54. The summed E-state index contributed by atoms with van der Waals surface area (Å²) in [5.74, 6) is -0.107. The van der Waals surface area contributed by atoms with E-state index in [1.54, 1.807) is 0 Å². The second-order valence-corrected chi connectivity index (χ2v) is 4.07. The summed E-state index contributed by atoms with van der Waals surface area (Å²) in [6, 6.07) is 4.96. The van der Waals surface area contributed by atoms with E-state index in [2.05, 4.69) is 5.32 Å². The Hall–Kier alpha value is -1.75. The normalized spacial score (nSPS) is 11.9. The molecule has 0 aromatic heterocycles. The zero-order valence-electron chi connectivity index (χ0n) is 10.8. The summed E-state index contributed by atoms with van der Waals surface area (Å²) in [6.07, 6.45) is 0.390. The molecule has 0 saturated carbocycles. The average Bonchev–Trinajstić information content (AvgIpc) is 2.32. The second kappa shape index (κ2) is 6.86. The van der Waals surface area contributed by atoms with Crippen LogP contribution in [0.15, 0.2) is 18.2 Å². The Morgan fingerprint density at radius 2 is 2.28 bits per heavy atom. The van der Waals surface area contributed by atoms with Crippen molar-refractivity contribution in [2.75, 3.05) is 18.5 Å². The molecule has 1 aromatic rings. The summed E-state index contributed by atoms with van der Waals surface area (Å²) < 4.78 is 5.44. The van der Waals surface area contributed by atoms with Crippen LogP contribution in [0.25, 0.3) is 0 Å². The second-order valence-electron chi connectivity index (χ2n) is 4.07. The van der Waals surface area contributed by atoms with Crippen LogP contribution in [0.2, 0.25) is 0 Å². The first-order valence-corrected chi connectivity index (χ1v) is 6.00. The molecule has 0 bridgehead atoms.